The number of aryl methyl sites for hydroxylation is 1. The Labute approximate surface area is 84.7 Å². The summed E-state index contributed by atoms with van der Waals surface area (Å²) in [5.41, 5.74) is 0. The summed E-state index contributed by atoms with van der Waals surface area (Å²) in [5, 5.41) is 3.08. The number of nitrogens with one attached hydrogen (secondary N) is 1. The summed E-state index contributed by atoms with van der Waals surface area (Å²) < 4.78 is 10.6. The van der Waals surface area contributed by atoms with Crippen LogP contribution in [0, 0.1) is 0 Å². The molecule has 1 aromatic heterocycles. The molecule has 1 aromatic rings. The lowest BCUT2D eigenvalue weighted by molar-refractivity contribution is 0.0982. The second-order valence-corrected chi connectivity index (χ2v) is 3.24. The van der Waals surface area contributed by atoms with Crippen LogP contribution in [-0.4, -0.2) is 25.7 Å². The fourth-order valence-corrected chi connectivity index (χ4v) is 1.16. The first-order valence-electron chi connectivity index (χ1n) is 4.90. The van der Waals surface area contributed by atoms with Crippen LogP contribution in [0.5, 0.6) is 0 Å². The van der Waals surface area contributed by atoms with Crippen molar-refractivity contribution >= 4 is 0 Å². The minimum atomic E-state index is -0.0134. The van der Waals surface area contributed by atoms with E-state index >= 15 is 0 Å². The highest BCUT2D eigenvalue weighted by molar-refractivity contribution is 4.97. The van der Waals surface area contributed by atoms with Gasteiger partial charge in [0, 0.05) is 13.5 Å². The summed E-state index contributed by atoms with van der Waals surface area (Å²) >= 11 is 0. The van der Waals surface area contributed by atoms with E-state index < -0.39 is 0 Å². The van der Waals surface area contributed by atoms with Crippen molar-refractivity contribution in [3.8, 4) is 0 Å². The van der Waals surface area contributed by atoms with E-state index in [0.717, 1.165) is 31.0 Å². The first-order valence-corrected chi connectivity index (χ1v) is 4.90. The average Bonchev–Trinajstić information content (AvgIpc) is 2.66. The van der Waals surface area contributed by atoms with Crippen LogP contribution in [0.3, 0.4) is 0 Å². The molecule has 0 saturated heterocycles. The lowest BCUT2D eigenvalue weighted by Crippen LogP contribution is -2.08. The molecule has 1 unspecified atom stereocenters. The van der Waals surface area contributed by atoms with Gasteiger partial charge in [-0.2, -0.15) is 0 Å². The van der Waals surface area contributed by atoms with Gasteiger partial charge in [-0.05, 0) is 26.9 Å². The van der Waals surface area contributed by atoms with Gasteiger partial charge in [-0.3, -0.25) is 0 Å². The van der Waals surface area contributed by atoms with Gasteiger partial charge in [-0.1, -0.05) is 0 Å². The lowest BCUT2D eigenvalue weighted by atomic mass is 10.3. The number of ether oxygens (including phenoxy) is 1. The van der Waals surface area contributed by atoms with Gasteiger partial charge in [-0.15, -0.1) is 0 Å². The summed E-state index contributed by atoms with van der Waals surface area (Å²) in [6, 6.07) is 0. The molecule has 0 fully saturated rings. The number of hydrogen-bond acceptors (Lipinski definition) is 4. The zero-order valence-electron chi connectivity index (χ0n) is 9.04. The van der Waals surface area contributed by atoms with E-state index in [2.05, 4.69) is 10.3 Å². The van der Waals surface area contributed by atoms with Crippen LogP contribution < -0.4 is 5.32 Å². The van der Waals surface area contributed by atoms with Crippen LogP contribution in [0.25, 0.3) is 0 Å². The van der Waals surface area contributed by atoms with Gasteiger partial charge >= 0.3 is 0 Å². The molecule has 1 atom stereocenters. The molecule has 4 nitrogen and oxygen atoms in total. The van der Waals surface area contributed by atoms with Gasteiger partial charge in [-0.25, -0.2) is 4.98 Å². The Morgan fingerprint density at radius 2 is 2.43 bits per heavy atom. The fraction of sp³-hybridized carbons (Fsp3) is 0.700. The van der Waals surface area contributed by atoms with Crippen LogP contribution in [0.1, 0.15) is 31.1 Å². The highest BCUT2D eigenvalue weighted by Gasteiger charge is 2.09. The topological polar surface area (TPSA) is 47.3 Å². The van der Waals surface area contributed by atoms with Crippen molar-refractivity contribution in [3.05, 3.63) is 17.8 Å². The van der Waals surface area contributed by atoms with Crippen molar-refractivity contribution in [1.29, 1.82) is 0 Å². The SMILES string of the molecule is CNCCCc1ncc(C(C)OC)o1. The zero-order valence-corrected chi connectivity index (χ0v) is 9.04. The standard InChI is InChI=1S/C10H18N2O2/c1-8(13-3)9-7-12-10(14-9)5-4-6-11-2/h7-8,11H,4-6H2,1-3H3. The van der Waals surface area contributed by atoms with E-state index in [0.29, 0.717) is 0 Å². The molecule has 14 heavy (non-hydrogen) atoms. The third kappa shape index (κ3) is 3.12. The quantitative estimate of drug-likeness (QED) is 0.704. The van der Waals surface area contributed by atoms with E-state index in [1.807, 2.05) is 14.0 Å². The maximum atomic E-state index is 5.52. The third-order valence-electron chi connectivity index (χ3n) is 2.14. The van der Waals surface area contributed by atoms with Crippen LogP contribution in [0.2, 0.25) is 0 Å². The van der Waals surface area contributed by atoms with E-state index in [4.69, 9.17) is 9.15 Å². The van der Waals surface area contributed by atoms with Crippen LogP contribution >= 0.6 is 0 Å². The Hall–Kier alpha value is -0.870. The van der Waals surface area contributed by atoms with Gasteiger partial charge < -0.3 is 14.5 Å². The van der Waals surface area contributed by atoms with Gasteiger partial charge in [0.1, 0.15) is 6.10 Å². The Balaban J connectivity index is 2.42. The Morgan fingerprint density at radius 1 is 1.64 bits per heavy atom. The molecule has 0 amide bonds. The Morgan fingerprint density at radius 3 is 3.07 bits per heavy atom. The third-order valence-corrected chi connectivity index (χ3v) is 2.14. The predicted octanol–water partition coefficient (Wildman–Crippen LogP) is 1.53. The maximum Gasteiger partial charge on any atom is 0.194 e. The molecule has 1 heterocycles. The van der Waals surface area contributed by atoms with Crippen molar-refractivity contribution in [1.82, 2.24) is 10.3 Å². The van der Waals surface area contributed by atoms with E-state index in [1.165, 1.54) is 0 Å². The van der Waals surface area contributed by atoms with Crippen LogP contribution in [-0.2, 0) is 11.2 Å². The smallest absolute Gasteiger partial charge is 0.194 e. The van der Waals surface area contributed by atoms with Gasteiger partial charge in [0.15, 0.2) is 11.7 Å². The number of nitrogens with zero attached hydrogens (tertiary/aromatic N) is 1. The summed E-state index contributed by atoms with van der Waals surface area (Å²) in [6.45, 7) is 2.93. The first kappa shape index (κ1) is 11.2. The number of rotatable bonds is 6. The number of aromatic nitrogens is 1. The van der Waals surface area contributed by atoms with E-state index in [1.54, 1.807) is 13.3 Å². The van der Waals surface area contributed by atoms with Crippen molar-refractivity contribution in [2.75, 3.05) is 20.7 Å². The van der Waals surface area contributed by atoms with E-state index in [9.17, 15) is 0 Å². The van der Waals surface area contributed by atoms with Crippen LogP contribution in [0.4, 0.5) is 0 Å². The molecule has 0 aliphatic carbocycles. The molecular formula is C10H18N2O2. The minimum Gasteiger partial charge on any atom is -0.443 e. The number of hydrogen-bond donors (Lipinski definition) is 1. The molecule has 0 spiro atoms. The van der Waals surface area contributed by atoms with Gasteiger partial charge in [0.05, 0.1) is 6.20 Å². The summed E-state index contributed by atoms with van der Waals surface area (Å²) in [7, 11) is 3.60. The molecule has 0 bridgehead atoms. The molecule has 80 valence electrons. The average molecular weight is 198 g/mol. The van der Waals surface area contributed by atoms with Crippen LogP contribution in [0.15, 0.2) is 10.6 Å². The second-order valence-electron chi connectivity index (χ2n) is 3.24. The van der Waals surface area contributed by atoms with Crippen molar-refractivity contribution < 1.29 is 9.15 Å². The number of methoxy groups -OCH3 is 1. The summed E-state index contributed by atoms with van der Waals surface area (Å²) in [4.78, 5) is 4.18. The zero-order chi connectivity index (χ0) is 10.4. The predicted molar refractivity (Wildman–Crippen MR) is 54.2 cm³/mol. The molecule has 0 saturated carbocycles. The monoisotopic (exact) mass is 198 g/mol. The largest absolute Gasteiger partial charge is 0.443 e. The highest BCUT2D eigenvalue weighted by Crippen LogP contribution is 2.16. The van der Waals surface area contributed by atoms with Gasteiger partial charge in [0.25, 0.3) is 0 Å². The van der Waals surface area contributed by atoms with Gasteiger partial charge in [0.2, 0.25) is 0 Å². The second kappa shape index (κ2) is 5.78. The fourth-order valence-electron chi connectivity index (χ4n) is 1.16. The summed E-state index contributed by atoms with van der Waals surface area (Å²) in [6.07, 6.45) is 3.64. The Bertz CT molecular complexity index is 260. The van der Waals surface area contributed by atoms with Crippen molar-refractivity contribution in [3.63, 3.8) is 0 Å². The molecule has 0 aliphatic rings. The molecular weight excluding hydrogens is 180 g/mol. The lowest BCUT2D eigenvalue weighted by Gasteiger charge is -2.03. The molecule has 0 radical (unpaired) electrons. The first-order chi connectivity index (χ1) is 6.77. The van der Waals surface area contributed by atoms with E-state index in [-0.39, 0.29) is 6.10 Å². The minimum absolute atomic E-state index is 0.0134. The normalized spacial score (nSPS) is 13.1. The molecule has 0 aromatic carbocycles. The summed E-state index contributed by atoms with van der Waals surface area (Å²) in [5.74, 6) is 1.59. The maximum absolute atomic E-state index is 5.52. The van der Waals surface area contributed by atoms with Crippen molar-refractivity contribution in [2.45, 2.75) is 25.9 Å². The molecule has 1 N–H and O–H groups in total. The van der Waals surface area contributed by atoms with Crippen molar-refractivity contribution in [2.24, 2.45) is 0 Å². The number of oxazole rings is 1. The Kier molecular flexibility index (Phi) is 4.62. The molecule has 4 heteroatoms. The molecule has 0 aliphatic heterocycles. The highest BCUT2D eigenvalue weighted by atomic mass is 16.5. The molecule has 1 rings (SSSR count).